The molecule has 0 amide bonds. The van der Waals surface area contributed by atoms with Gasteiger partial charge < -0.3 is 15.2 Å². The molecule has 0 bridgehead atoms. The first-order valence-electron chi connectivity index (χ1n) is 4.79. The number of carbonyl (C=O) groups excluding carboxylic acids is 1. The van der Waals surface area contributed by atoms with Crippen LogP contribution in [-0.2, 0) is 9.53 Å². The van der Waals surface area contributed by atoms with Crippen molar-refractivity contribution in [1.29, 1.82) is 0 Å². The zero-order valence-electron chi connectivity index (χ0n) is 8.47. The molecule has 0 aliphatic carbocycles. The van der Waals surface area contributed by atoms with Gasteiger partial charge >= 0.3 is 5.97 Å². The summed E-state index contributed by atoms with van der Waals surface area (Å²) >= 11 is 0. The quantitative estimate of drug-likeness (QED) is 0.694. The Hall–Kier alpha value is -1.55. The van der Waals surface area contributed by atoms with Gasteiger partial charge in [-0.1, -0.05) is 18.2 Å². The lowest BCUT2D eigenvalue weighted by Gasteiger charge is -2.29. The van der Waals surface area contributed by atoms with Crippen LogP contribution in [0.4, 0.5) is 0 Å². The topological polar surface area (TPSA) is 61.5 Å². The summed E-state index contributed by atoms with van der Waals surface area (Å²) in [5, 5.41) is 0. The van der Waals surface area contributed by atoms with Crippen LogP contribution in [0.3, 0.4) is 0 Å². The third-order valence-electron chi connectivity index (χ3n) is 2.63. The Bertz CT molecular complexity index is 378. The van der Waals surface area contributed by atoms with Crippen molar-refractivity contribution in [2.75, 3.05) is 13.7 Å². The number of benzene rings is 1. The van der Waals surface area contributed by atoms with Crippen molar-refractivity contribution in [2.45, 2.75) is 6.04 Å². The third-order valence-corrected chi connectivity index (χ3v) is 2.63. The van der Waals surface area contributed by atoms with E-state index in [1.807, 2.05) is 24.3 Å². The summed E-state index contributed by atoms with van der Waals surface area (Å²) in [6.45, 7) is 0.283. The number of carbonyl (C=O) groups is 1. The van der Waals surface area contributed by atoms with Gasteiger partial charge in [0.15, 0.2) is 0 Å². The molecule has 2 rings (SSSR count). The van der Waals surface area contributed by atoms with E-state index in [2.05, 4.69) is 4.74 Å². The molecule has 0 saturated heterocycles. The Morgan fingerprint density at radius 2 is 2.27 bits per heavy atom. The maximum Gasteiger partial charge on any atom is 0.314 e. The maximum absolute atomic E-state index is 11.4. The monoisotopic (exact) mass is 207 g/mol. The molecular formula is C11H13NO3. The van der Waals surface area contributed by atoms with Crippen LogP contribution in [0.25, 0.3) is 0 Å². The molecule has 1 aromatic rings. The van der Waals surface area contributed by atoms with Crippen molar-refractivity contribution < 1.29 is 14.3 Å². The van der Waals surface area contributed by atoms with Gasteiger partial charge in [-0.3, -0.25) is 4.79 Å². The highest BCUT2D eigenvalue weighted by molar-refractivity contribution is 5.74. The van der Waals surface area contributed by atoms with E-state index in [9.17, 15) is 4.79 Å². The predicted octanol–water partition coefficient (Wildman–Crippen LogP) is 0.868. The molecule has 4 nitrogen and oxygen atoms in total. The van der Waals surface area contributed by atoms with Crippen molar-refractivity contribution in [3.63, 3.8) is 0 Å². The van der Waals surface area contributed by atoms with Gasteiger partial charge in [0.2, 0.25) is 0 Å². The summed E-state index contributed by atoms with van der Waals surface area (Å²) in [4.78, 5) is 11.4. The molecule has 80 valence electrons. The molecule has 1 aliphatic rings. The molecule has 0 radical (unpaired) electrons. The lowest BCUT2D eigenvalue weighted by atomic mass is 9.91. The normalized spacial score (nSPS) is 23.9. The van der Waals surface area contributed by atoms with Gasteiger partial charge in [0, 0.05) is 11.6 Å². The van der Waals surface area contributed by atoms with Gasteiger partial charge in [0.05, 0.1) is 7.11 Å². The fourth-order valence-electron chi connectivity index (χ4n) is 1.75. The van der Waals surface area contributed by atoms with Crippen molar-refractivity contribution >= 4 is 5.97 Å². The summed E-state index contributed by atoms with van der Waals surface area (Å²) in [5.41, 5.74) is 6.85. The Balaban J connectivity index is 2.29. The fraction of sp³-hybridized carbons (Fsp3) is 0.364. The molecule has 0 spiro atoms. The van der Waals surface area contributed by atoms with E-state index in [-0.39, 0.29) is 18.6 Å². The standard InChI is InChI=1S/C11H13NO3/c1-14-11(13)8-6-15-9-5-3-2-4-7(9)10(8)12/h2-5,8,10H,6,12H2,1H3/t8-,10+/m1/s1. The second kappa shape index (κ2) is 3.90. The Labute approximate surface area is 88.0 Å². The minimum absolute atomic E-state index is 0.283. The van der Waals surface area contributed by atoms with Crippen LogP contribution < -0.4 is 10.5 Å². The van der Waals surface area contributed by atoms with E-state index in [1.165, 1.54) is 7.11 Å². The summed E-state index contributed by atoms with van der Waals surface area (Å²) in [6, 6.07) is 7.13. The molecular weight excluding hydrogens is 194 g/mol. The minimum Gasteiger partial charge on any atom is -0.492 e. The van der Waals surface area contributed by atoms with Gasteiger partial charge in [-0.05, 0) is 6.07 Å². The van der Waals surface area contributed by atoms with Gasteiger partial charge in [0.1, 0.15) is 18.3 Å². The van der Waals surface area contributed by atoms with E-state index in [4.69, 9.17) is 10.5 Å². The highest BCUT2D eigenvalue weighted by atomic mass is 16.5. The Morgan fingerprint density at radius 1 is 1.53 bits per heavy atom. The Kier molecular flexibility index (Phi) is 2.60. The first kappa shape index (κ1) is 9.98. The Morgan fingerprint density at radius 3 is 3.00 bits per heavy atom. The zero-order valence-corrected chi connectivity index (χ0v) is 8.47. The number of fused-ring (bicyclic) bond motifs is 1. The SMILES string of the molecule is COC(=O)[C@@H]1COc2ccccc2[C@@H]1N. The second-order valence-corrected chi connectivity index (χ2v) is 3.50. The summed E-state index contributed by atoms with van der Waals surface area (Å²) in [7, 11) is 1.36. The molecule has 2 N–H and O–H groups in total. The van der Waals surface area contributed by atoms with Crippen LogP contribution in [0, 0.1) is 5.92 Å². The van der Waals surface area contributed by atoms with E-state index < -0.39 is 5.92 Å². The third kappa shape index (κ3) is 1.68. The number of hydrogen-bond donors (Lipinski definition) is 1. The maximum atomic E-state index is 11.4. The number of hydrogen-bond acceptors (Lipinski definition) is 4. The molecule has 1 aliphatic heterocycles. The van der Waals surface area contributed by atoms with E-state index >= 15 is 0 Å². The average molecular weight is 207 g/mol. The molecule has 1 heterocycles. The smallest absolute Gasteiger partial charge is 0.314 e. The van der Waals surface area contributed by atoms with E-state index in [1.54, 1.807) is 0 Å². The lowest BCUT2D eigenvalue weighted by molar-refractivity contribution is -0.147. The molecule has 15 heavy (non-hydrogen) atoms. The average Bonchev–Trinajstić information content (AvgIpc) is 2.29. The minimum atomic E-state index is -0.412. The summed E-state index contributed by atoms with van der Waals surface area (Å²) in [6.07, 6.45) is 0. The van der Waals surface area contributed by atoms with E-state index in [0.29, 0.717) is 0 Å². The van der Waals surface area contributed by atoms with Gasteiger partial charge in [-0.2, -0.15) is 0 Å². The molecule has 1 aromatic carbocycles. The highest BCUT2D eigenvalue weighted by Gasteiger charge is 2.33. The molecule has 0 unspecified atom stereocenters. The molecule has 0 fully saturated rings. The van der Waals surface area contributed by atoms with Crippen LogP contribution in [0.1, 0.15) is 11.6 Å². The van der Waals surface area contributed by atoms with Crippen molar-refractivity contribution in [3.8, 4) is 5.75 Å². The largest absolute Gasteiger partial charge is 0.492 e. The lowest BCUT2D eigenvalue weighted by Crippen LogP contribution is -2.37. The van der Waals surface area contributed by atoms with Crippen molar-refractivity contribution in [2.24, 2.45) is 11.7 Å². The summed E-state index contributed by atoms with van der Waals surface area (Å²) in [5.74, 6) is 0.0204. The molecule has 0 aromatic heterocycles. The number of ether oxygens (including phenoxy) is 2. The first-order valence-corrected chi connectivity index (χ1v) is 4.79. The predicted molar refractivity (Wildman–Crippen MR) is 54.4 cm³/mol. The fourth-order valence-corrected chi connectivity index (χ4v) is 1.75. The molecule has 4 heteroatoms. The first-order chi connectivity index (χ1) is 7.24. The molecule has 0 saturated carbocycles. The van der Waals surface area contributed by atoms with Gasteiger partial charge in [-0.15, -0.1) is 0 Å². The number of para-hydroxylation sites is 1. The number of rotatable bonds is 1. The number of esters is 1. The van der Waals surface area contributed by atoms with Crippen LogP contribution in [0.15, 0.2) is 24.3 Å². The van der Waals surface area contributed by atoms with Crippen LogP contribution in [0.5, 0.6) is 5.75 Å². The van der Waals surface area contributed by atoms with Crippen molar-refractivity contribution in [3.05, 3.63) is 29.8 Å². The van der Waals surface area contributed by atoms with Crippen LogP contribution >= 0.6 is 0 Å². The number of methoxy groups -OCH3 is 1. The number of nitrogens with two attached hydrogens (primary N) is 1. The molecule has 2 atom stereocenters. The van der Waals surface area contributed by atoms with Crippen molar-refractivity contribution in [1.82, 2.24) is 0 Å². The summed E-state index contributed by atoms with van der Waals surface area (Å²) < 4.78 is 10.1. The second-order valence-electron chi connectivity index (χ2n) is 3.50. The van der Waals surface area contributed by atoms with Gasteiger partial charge in [-0.25, -0.2) is 0 Å². The highest BCUT2D eigenvalue weighted by Crippen LogP contribution is 2.33. The zero-order chi connectivity index (χ0) is 10.8. The van der Waals surface area contributed by atoms with Gasteiger partial charge in [0.25, 0.3) is 0 Å². The van der Waals surface area contributed by atoms with Crippen LogP contribution in [0.2, 0.25) is 0 Å². The van der Waals surface area contributed by atoms with Crippen LogP contribution in [-0.4, -0.2) is 19.7 Å². The van der Waals surface area contributed by atoms with E-state index in [0.717, 1.165) is 11.3 Å².